The fourth-order valence-electron chi connectivity index (χ4n) is 2.87. The Balaban J connectivity index is 0.00000220. The fraction of sp³-hybridized carbons (Fsp3) is 0.733. The highest BCUT2D eigenvalue weighted by Crippen LogP contribution is 2.15. The van der Waals surface area contributed by atoms with Crippen molar-refractivity contribution < 1.29 is 4.79 Å². The monoisotopic (exact) mass is 350 g/mol. The first-order valence-corrected chi connectivity index (χ1v) is 7.68. The number of rotatable bonds is 6. The van der Waals surface area contributed by atoms with E-state index in [1.54, 1.807) is 4.68 Å². The Morgan fingerprint density at radius 3 is 2.64 bits per heavy atom. The van der Waals surface area contributed by atoms with Crippen LogP contribution in [0.4, 0.5) is 0 Å². The number of halogens is 2. The van der Waals surface area contributed by atoms with E-state index < -0.39 is 0 Å². The van der Waals surface area contributed by atoms with Gasteiger partial charge in [-0.15, -0.1) is 24.8 Å². The van der Waals surface area contributed by atoms with Crippen molar-refractivity contribution in [1.29, 1.82) is 0 Å². The number of hydrogen-bond acceptors (Lipinski definition) is 3. The summed E-state index contributed by atoms with van der Waals surface area (Å²) >= 11 is 0. The van der Waals surface area contributed by atoms with E-state index in [1.165, 1.54) is 0 Å². The third kappa shape index (κ3) is 6.15. The van der Waals surface area contributed by atoms with Crippen molar-refractivity contribution in [3.63, 3.8) is 0 Å². The molecule has 1 amide bonds. The van der Waals surface area contributed by atoms with E-state index in [0.29, 0.717) is 18.4 Å². The SMILES string of the molecule is CCCN(C(=O)CCc1cnn(C)c1)C1CCNCC1.Cl.Cl. The van der Waals surface area contributed by atoms with Gasteiger partial charge in [-0.2, -0.15) is 5.10 Å². The zero-order valence-electron chi connectivity index (χ0n) is 13.5. The molecule has 0 aliphatic carbocycles. The summed E-state index contributed by atoms with van der Waals surface area (Å²) in [5.74, 6) is 0.294. The van der Waals surface area contributed by atoms with Crippen LogP contribution in [0.5, 0.6) is 0 Å². The lowest BCUT2D eigenvalue weighted by Crippen LogP contribution is -2.46. The first kappa shape index (κ1) is 21.2. The zero-order valence-corrected chi connectivity index (χ0v) is 15.1. The number of amides is 1. The van der Waals surface area contributed by atoms with Crippen molar-refractivity contribution in [3.05, 3.63) is 18.0 Å². The molecule has 1 fully saturated rings. The molecule has 0 saturated carbocycles. The van der Waals surface area contributed by atoms with Crippen molar-refractivity contribution in [2.75, 3.05) is 19.6 Å². The van der Waals surface area contributed by atoms with Gasteiger partial charge in [0.2, 0.25) is 5.91 Å². The molecule has 0 unspecified atom stereocenters. The van der Waals surface area contributed by atoms with Gasteiger partial charge >= 0.3 is 0 Å². The molecule has 0 aromatic carbocycles. The normalized spacial score (nSPS) is 14.8. The summed E-state index contributed by atoms with van der Waals surface area (Å²) in [4.78, 5) is 14.6. The van der Waals surface area contributed by atoms with Crippen LogP contribution >= 0.6 is 24.8 Å². The van der Waals surface area contributed by atoms with Crippen LogP contribution in [0.25, 0.3) is 0 Å². The molecular formula is C15H28Cl2N4O. The van der Waals surface area contributed by atoms with Crippen molar-refractivity contribution in [2.24, 2.45) is 7.05 Å². The maximum Gasteiger partial charge on any atom is 0.223 e. The van der Waals surface area contributed by atoms with Gasteiger partial charge in [0.1, 0.15) is 0 Å². The lowest BCUT2D eigenvalue weighted by Gasteiger charge is -2.34. The number of hydrogen-bond donors (Lipinski definition) is 1. The van der Waals surface area contributed by atoms with Crippen molar-refractivity contribution >= 4 is 30.7 Å². The lowest BCUT2D eigenvalue weighted by molar-refractivity contribution is -0.134. The molecule has 0 spiro atoms. The maximum atomic E-state index is 12.5. The second-order valence-electron chi connectivity index (χ2n) is 5.59. The number of carbonyl (C=O) groups excluding carboxylic acids is 1. The van der Waals surface area contributed by atoms with Gasteiger partial charge in [0.05, 0.1) is 6.20 Å². The van der Waals surface area contributed by atoms with Crippen molar-refractivity contribution in [2.45, 2.75) is 45.1 Å². The van der Waals surface area contributed by atoms with Gasteiger partial charge in [0, 0.05) is 32.3 Å². The molecular weight excluding hydrogens is 323 g/mol. The van der Waals surface area contributed by atoms with E-state index in [0.717, 1.165) is 50.9 Å². The van der Waals surface area contributed by atoms with Gasteiger partial charge in [-0.05, 0) is 44.3 Å². The first-order chi connectivity index (χ1) is 9.70. The van der Waals surface area contributed by atoms with Gasteiger partial charge in [-0.3, -0.25) is 9.48 Å². The van der Waals surface area contributed by atoms with E-state index in [4.69, 9.17) is 0 Å². The van der Waals surface area contributed by atoms with Crippen molar-refractivity contribution in [3.8, 4) is 0 Å². The third-order valence-corrected chi connectivity index (χ3v) is 3.92. The Morgan fingerprint density at radius 1 is 1.41 bits per heavy atom. The molecule has 1 aliphatic rings. The summed E-state index contributed by atoms with van der Waals surface area (Å²) in [6.07, 6.45) is 8.41. The zero-order chi connectivity index (χ0) is 14.4. The molecule has 0 radical (unpaired) electrons. The minimum atomic E-state index is 0. The molecule has 1 N–H and O–H groups in total. The van der Waals surface area contributed by atoms with Crippen LogP contribution in [0.3, 0.4) is 0 Å². The number of aromatic nitrogens is 2. The summed E-state index contributed by atoms with van der Waals surface area (Å²) in [6, 6.07) is 0.428. The second-order valence-corrected chi connectivity index (χ2v) is 5.59. The highest BCUT2D eigenvalue weighted by atomic mass is 35.5. The Morgan fingerprint density at radius 2 is 2.09 bits per heavy atom. The molecule has 2 heterocycles. The number of piperidine rings is 1. The van der Waals surface area contributed by atoms with E-state index in [-0.39, 0.29) is 24.8 Å². The minimum Gasteiger partial charge on any atom is -0.340 e. The van der Waals surface area contributed by atoms with Gasteiger partial charge in [0.25, 0.3) is 0 Å². The lowest BCUT2D eigenvalue weighted by atomic mass is 10.0. The van der Waals surface area contributed by atoms with E-state index >= 15 is 0 Å². The van der Waals surface area contributed by atoms with Crippen LogP contribution in [-0.4, -0.2) is 46.3 Å². The minimum absolute atomic E-state index is 0. The number of carbonyl (C=O) groups is 1. The predicted octanol–water partition coefficient (Wildman–Crippen LogP) is 2.19. The molecule has 0 bridgehead atoms. The standard InChI is InChI=1S/C15H26N4O.2ClH/c1-3-10-19(14-6-8-16-9-7-14)15(20)5-4-13-11-17-18(2)12-13;;/h11-12,14,16H,3-10H2,1-2H3;2*1H. The summed E-state index contributed by atoms with van der Waals surface area (Å²) < 4.78 is 1.79. The summed E-state index contributed by atoms with van der Waals surface area (Å²) in [7, 11) is 1.91. The van der Waals surface area contributed by atoms with Gasteiger partial charge in [-0.25, -0.2) is 0 Å². The van der Waals surface area contributed by atoms with Crippen LogP contribution in [0.1, 0.15) is 38.2 Å². The molecule has 5 nitrogen and oxygen atoms in total. The molecule has 22 heavy (non-hydrogen) atoms. The quantitative estimate of drug-likeness (QED) is 0.855. The molecule has 2 rings (SSSR count). The number of aryl methyl sites for hydroxylation is 2. The summed E-state index contributed by atoms with van der Waals surface area (Å²) in [5, 5.41) is 7.51. The molecule has 7 heteroatoms. The molecule has 1 aromatic rings. The van der Waals surface area contributed by atoms with Crippen LogP contribution in [-0.2, 0) is 18.3 Å². The van der Waals surface area contributed by atoms with Crippen LogP contribution in [0, 0.1) is 0 Å². The Kier molecular flexibility index (Phi) is 10.5. The maximum absolute atomic E-state index is 12.5. The topological polar surface area (TPSA) is 50.2 Å². The van der Waals surface area contributed by atoms with E-state index in [2.05, 4.69) is 22.2 Å². The van der Waals surface area contributed by atoms with Crippen molar-refractivity contribution in [1.82, 2.24) is 20.0 Å². The smallest absolute Gasteiger partial charge is 0.223 e. The Labute approximate surface area is 145 Å². The second kappa shape index (κ2) is 10.9. The molecule has 1 aromatic heterocycles. The number of nitrogens with zero attached hydrogens (tertiary/aromatic N) is 3. The van der Waals surface area contributed by atoms with Gasteiger partial charge in [-0.1, -0.05) is 6.92 Å². The van der Waals surface area contributed by atoms with Gasteiger partial charge < -0.3 is 10.2 Å². The number of nitrogens with one attached hydrogen (secondary N) is 1. The van der Waals surface area contributed by atoms with Crippen LogP contribution < -0.4 is 5.32 Å². The van der Waals surface area contributed by atoms with E-state index in [9.17, 15) is 4.79 Å². The third-order valence-electron chi connectivity index (χ3n) is 3.92. The highest BCUT2D eigenvalue weighted by Gasteiger charge is 2.24. The average Bonchev–Trinajstić information content (AvgIpc) is 2.89. The fourth-order valence-corrected chi connectivity index (χ4v) is 2.87. The van der Waals surface area contributed by atoms with E-state index in [1.807, 2.05) is 19.4 Å². The Hall–Kier alpha value is -0.780. The molecule has 1 aliphatic heterocycles. The Bertz CT molecular complexity index is 433. The van der Waals surface area contributed by atoms with Crippen LogP contribution in [0.2, 0.25) is 0 Å². The largest absolute Gasteiger partial charge is 0.340 e. The average molecular weight is 351 g/mol. The molecule has 128 valence electrons. The molecule has 0 atom stereocenters. The van der Waals surface area contributed by atoms with Crippen LogP contribution in [0.15, 0.2) is 12.4 Å². The highest BCUT2D eigenvalue weighted by molar-refractivity contribution is 5.85. The summed E-state index contributed by atoms with van der Waals surface area (Å²) in [6.45, 7) is 5.08. The molecule has 1 saturated heterocycles. The van der Waals surface area contributed by atoms with Gasteiger partial charge in [0.15, 0.2) is 0 Å². The first-order valence-electron chi connectivity index (χ1n) is 7.68. The predicted molar refractivity (Wildman–Crippen MR) is 93.9 cm³/mol. The summed E-state index contributed by atoms with van der Waals surface area (Å²) in [5.41, 5.74) is 1.14.